The summed E-state index contributed by atoms with van der Waals surface area (Å²) in [5, 5.41) is 43.8. The van der Waals surface area contributed by atoms with Gasteiger partial charge >= 0.3 is 10.1 Å². The third-order valence-electron chi connectivity index (χ3n) is 6.74. The molecule has 1 aromatic heterocycles. The van der Waals surface area contributed by atoms with Crippen LogP contribution < -0.4 is 20.2 Å². The molecule has 2 heterocycles. The molecule has 2 atom stereocenters. The molecule has 0 N–H and O–H groups in total. The molecule has 1 aromatic carbocycles. The Hall–Kier alpha value is -1.85. The van der Waals surface area contributed by atoms with Crippen molar-refractivity contribution in [2.75, 3.05) is 11.9 Å². The maximum Gasteiger partial charge on any atom is 2.00 e. The second kappa shape index (κ2) is 8.25. The number of aryl methyl sites for hydroxylation is 2. The van der Waals surface area contributed by atoms with Gasteiger partial charge in [0.15, 0.2) is 0 Å². The van der Waals surface area contributed by atoms with Crippen LogP contribution in [0.5, 0.6) is 5.88 Å². The van der Waals surface area contributed by atoms with Crippen molar-refractivity contribution in [1.82, 2.24) is 9.78 Å². The quantitative estimate of drug-likeness (QED) is 0.670. The van der Waals surface area contributed by atoms with Gasteiger partial charge in [0.25, 0.3) is 0 Å². The summed E-state index contributed by atoms with van der Waals surface area (Å²) in [5.74, 6) is -1.82. The van der Waals surface area contributed by atoms with Gasteiger partial charge in [-0.05, 0) is 53.5 Å². The number of anilines is 1. The standard InChI is InChI=1S/C23H28ClN3O3.Be/c1-6-7-15-18(22(30)27(5)25-15)19-20(28)13(21(19)29)11-17-23(2,3)14-10-12(24)8-9-16(14)26(17)4;/h8-11,13,19-21,30H,6-7H2,1-5H3;/q-2;+2/p-1. The zero-order valence-corrected chi connectivity index (χ0v) is 19.4. The Morgan fingerprint density at radius 2 is 1.84 bits per heavy atom. The van der Waals surface area contributed by atoms with E-state index in [2.05, 4.69) is 18.9 Å². The minimum absolute atomic E-state index is 0. The van der Waals surface area contributed by atoms with Crippen molar-refractivity contribution in [3.63, 3.8) is 0 Å². The molecular formula is C23H27BeClN3O3-. The number of likely N-dealkylation sites (N-methyl/N-ethyl adjacent to an activating group) is 1. The van der Waals surface area contributed by atoms with Crippen LogP contribution in [-0.4, -0.2) is 39.2 Å². The molecule has 2 aliphatic rings. The summed E-state index contributed by atoms with van der Waals surface area (Å²) >= 11 is 6.21. The minimum Gasteiger partial charge on any atom is -0.859 e. The molecule has 2 aromatic rings. The predicted molar refractivity (Wildman–Crippen MR) is 117 cm³/mol. The van der Waals surface area contributed by atoms with Crippen molar-refractivity contribution in [2.45, 2.75) is 57.2 Å². The molecule has 2 unspecified atom stereocenters. The van der Waals surface area contributed by atoms with Crippen LogP contribution in [0.2, 0.25) is 5.02 Å². The van der Waals surface area contributed by atoms with Gasteiger partial charge in [0.2, 0.25) is 0 Å². The van der Waals surface area contributed by atoms with E-state index in [1.165, 1.54) is 4.68 Å². The van der Waals surface area contributed by atoms with E-state index < -0.39 is 24.0 Å². The predicted octanol–water partition coefficient (Wildman–Crippen LogP) is 1.20. The summed E-state index contributed by atoms with van der Waals surface area (Å²) < 4.78 is 1.25. The zero-order chi connectivity index (χ0) is 22.0. The number of nitrogens with zero attached hydrogens (tertiary/aromatic N) is 3. The molecule has 0 saturated heterocycles. The van der Waals surface area contributed by atoms with E-state index >= 15 is 0 Å². The van der Waals surface area contributed by atoms with Gasteiger partial charge in [0, 0.05) is 35.9 Å². The SMILES string of the molecule is CCCc1nn(C)c([O-])c1C1C([O-])C(C=C2N(C)c3ccc(Cl)cc3C2(C)C)C1[O-].[Be+2]. The van der Waals surface area contributed by atoms with Crippen molar-refractivity contribution in [3.8, 4) is 5.88 Å². The Labute approximate surface area is 192 Å². The number of allylic oxidation sites excluding steroid dienone is 1. The molecule has 1 fully saturated rings. The summed E-state index contributed by atoms with van der Waals surface area (Å²) in [5.41, 5.74) is 3.59. The molecule has 1 aliphatic heterocycles. The fourth-order valence-electron chi connectivity index (χ4n) is 5.05. The van der Waals surface area contributed by atoms with E-state index in [0.29, 0.717) is 22.7 Å². The zero-order valence-electron chi connectivity index (χ0n) is 18.7. The van der Waals surface area contributed by atoms with Crippen LogP contribution in [0.15, 0.2) is 30.0 Å². The number of rotatable bonds is 4. The van der Waals surface area contributed by atoms with E-state index in [0.717, 1.165) is 23.4 Å². The first kappa shape index (κ1) is 23.8. The monoisotopic (exact) mass is 437 g/mol. The van der Waals surface area contributed by atoms with Crippen LogP contribution in [-0.2, 0) is 18.9 Å². The largest absolute Gasteiger partial charge is 2.00 e. The van der Waals surface area contributed by atoms with Crippen LogP contribution in [0.1, 0.15) is 49.9 Å². The van der Waals surface area contributed by atoms with Gasteiger partial charge in [-0.2, -0.15) is 5.10 Å². The summed E-state index contributed by atoms with van der Waals surface area (Å²) in [4.78, 5) is 2.03. The summed E-state index contributed by atoms with van der Waals surface area (Å²) in [7, 11) is 3.51. The van der Waals surface area contributed by atoms with Crippen LogP contribution in [0.25, 0.3) is 0 Å². The second-order valence-corrected chi connectivity index (χ2v) is 9.41. The van der Waals surface area contributed by atoms with Gasteiger partial charge in [-0.25, -0.2) is 0 Å². The summed E-state index contributed by atoms with van der Waals surface area (Å²) in [6.07, 6.45) is 0.934. The molecule has 8 heteroatoms. The van der Waals surface area contributed by atoms with Crippen molar-refractivity contribution >= 4 is 27.4 Å². The molecule has 1 saturated carbocycles. The van der Waals surface area contributed by atoms with Gasteiger partial charge < -0.3 is 20.2 Å². The Balaban J connectivity index is 0.00000272. The third-order valence-corrected chi connectivity index (χ3v) is 6.97. The van der Waals surface area contributed by atoms with Crippen molar-refractivity contribution < 1.29 is 15.3 Å². The minimum atomic E-state index is -1.15. The van der Waals surface area contributed by atoms with Crippen LogP contribution in [0.3, 0.4) is 0 Å². The average Bonchev–Trinajstić information content (AvgIpc) is 3.05. The maximum absolute atomic E-state index is 13.1. The Morgan fingerprint density at radius 1 is 1.19 bits per heavy atom. The number of halogens is 1. The van der Waals surface area contributed by atoms with E-state index in [4.69, 9.17) is 11.6 Å². The van der Waals surface area contributed by atoms with Gasteiger partial charge in [0.05, 0.1) is 5.69 Å². The number of hydrogen-bond acceptors (Lipinski definition) is 5. The molecule has 6 nitrogen and oxygen atoms in total. The van der Waals surface area contributed by atoms with Crippen LogP contribution in [0, 0.1) is 5.92 Å². The fraction of sp³-hybridized carbons (Fsp3) is 0.522. The first-order chi connectivity index (χ1) is 14.1. The molecule has 31 heavy (non-hydrogen) atoms. The maximum atomic E-state index is 13.1. The molecular weight excluding hydrogens is 411 g/mol. The molecule has 0 amide bonds. The Morgan fingerprint density at radius 3 is 2.45 bits per heavy atom. The van der Waals surface area contributed by atoms with Gasteiger partial charge in [-0.3, -0.25) is 4.68 Å². The Kier molecular flexibility index (Phi) is 6.33. The molecule has 0 radical (unpaired) electrons. The second-order valence-electron chi connectivity index (χ2n) is 8.97. The number of aromatic nitrogens is 2. The van der Waals surface area contributed by atoms with E-state index in [1.807, 2.05) is 43.1 Å². The van der Waals surface area contributed by atoms with E-state index in [1.54, 1.807) is 7.05 Å². The van der Waals surface area contributed by atoms with Crippen molar-refractivity contribution in [2.24, 2.45) is 13.0 Å². The number of benzene rings is 1. The molecule has 1 aliphatic carbocycles. The van der Waals surface area contributed by atoms with Crippen molar-refractivity contribution in [1.29, 1.82) is 0 Å². The third kappa shape index (κ3) is 3.50. The summed E-state index contributed by atoms with van der Waals surface area (Å²) in [6, 6.07) is 5.75. The van der Waals surface area contributed by atoms with Crippen LogP contribution >= 0.6 is 11.6 Å². The smallest absolute Gasteiger partial charge is 0.859 e. The van der Waals surface area contributed by atoms with Crippen LogP contribution in [0.4, 0.5) is 5.69 Å². The fourth-order valence-corrected chi connectivity index (χ4v) is 5.22. The molecule has 0 bridgehead atoms. The first-order valence-electron chi connectivity index (χ1n) is 10.4. The molecule has 4 rings (SSSR count). The normalized spacial score (nSPS) is 27.7. The Bertz CT molecular complexity index is 1010. The van der Waals surface area contributed by atoms with Gasteiger partial charge in [0.1, 0.15) is 0 Å². The van der Waals surface area contributed by atoms with E-state index in [9.17, 15) is 15.3 Å². The first-order valence-corrected chi connectivity index (χ1v) is 10.8. The summed E-state index contributed by atoms with van der Waals surface area (Å²) in [6.45, 7) is 6.13. The van der Waals surface area contributed by atoms with Gasteiger partial charge in [-0.1, -0.05) is 44.9 Å². The van der Waals surface area contributed by atoms with Gasteiger partial charge in [-0.15, -0.1) is 12.2 Å². The molecule has 0 spiro atoms. The topological polar surface area (TPSA) is 90.2 Å². The van der Waals surface area contributed by atoms with E-state index in [-0.39, 0.29) is 21.4 Å². The van der Waals surface area contributed by atoms with Crippen molar-refractivity contribution in [3.05, 3.63) is 51.8 Å². The number of fused-ring (bicyclic) bond motifs is 1. The molecule has 162 valence electrons. The number of hydrogen-bond donors (Lipinski definition) is 0. The average molecular weight is 438 g/mol.